The number of hydrogen-bond donors (Lipinski definition) is 2. The lowest BCUT2D eigenvalue weighted by atomic mass is 10.1. The fourth-order valence-electron chi connectivity index (χ4n) is 3.31. The van der Waals surface area contributed by atoms with Gasteiger partial charge in [0.1, 0.15) is 0 Å². The third kappa shape index (κ3) is 6.20. The monoisotopic (exact) mass is 444 g/mol. The maximum absolute atomic E-state index is 12.9. The van der Waals surface area contributed by atoms with Crippen LogP contribution in [0.4, 0.5) is 17.1 Å². The van der Waals surface area contributed by atoms with Gasteiger partial charge in [-0.2, -0.15) is 0 Å². The molecule has 0 atom stereocenters. The molecule has 33 heavy (non-hydrogen) atoms. The minimum atomic E-state index is -0.245. The number of carbonyl (C=O) groups is 3. The lowest BCUT2D eigenvalue weighted by molar-refractivity contribution is -0.114. The third-order valence-electron chi connectivity index (χ3n) is 5.01. The number of benzene rings is 3. The fraction of sp³-hybridized carbons (Fsp3) is 0.192. The van der Waals surface area contributed by atoms with Crippen molar-refractivity contribution in [3.63, 3.8) is 0 Å². The molecular formula is C26H28N4O3. The van der Waals surface area contributed by atoms with Gasteiger partial charge in [-0.3, -0.25) is 14.4 Å². The number of anilines is 3. The first-order chi connectivity index (χ1) is 15.9. The Kier molecular flexibility index (Phi) is 7.81. The Morgan fingerprint density at radius 2 is 1.45 bits per heavy atom. The zero-order valence-electron chi connectivity index (χ0n) is 19.0. The third-order valence-corrected chi connectivity index (χ3v) is 5.01. The van der Waals surface area contributed by atoms with Crippen LogP contribution in [0.3, 0.4) is 0 Å². The molecule has 3 aromatic carbocycles. The Hall–Kier alpha value is -4.13. The van der Waals surface area contributed by atoms with Gasteiger partial charge in [0.25, 0.3) is 11.8 Å². The Balaban J connectivity index is 1.57. The predicted molar refractivity (Wildman–Crippen MR) is 132 cm³/mol. The van der Waals surface area contributed by atoms with E-state index in [0.717, 1.165) is 11.4 Å². The molecule has 0 aliphatic rings. The van der Waals surface area contributed by atoms with Crippen LogP contribution in [-0.2, 0) is 4.79 Å². The van der Waals surface area contributed by atoms with Crippen molar-refractivity contribution >= 4 is 34.8 Å². The fourth-order valence-corrected chi connectivity index (χ4v) is 3.31. The van der Waals surface area contributed by atoms with E-state index >= 15 is 0 Å². The van der Waals surface area contributed by atoms with Gasteiger partial charge in [0.15, 0.2) is 0 Å². The molecule has 7 nitrogen and oxygen atoms in total. The van der Waals surface area contributed by atoms with E-state index in [4.69, 9.17) is 0 Å². The van der Waals surface area contributed by atoms with E-state index < -0.39 is 0 Å². The van der Waals surface area contributed by atoms with E-state index in [2.05, 4.69) is 10.6 Å². The van der Waals surface area contributed by atoms with Crippen LogP contribution in [0.2, 0.25) is 0 Å². The molecule has 3 aromatic rings. The van der Waals surface area contributed by atoms with Crippen LogP contribution < -0.4 is 15.5 Å². The largest absolute Gasteiger partial charge is 0.376 e. The summed E-state index contributed by atoms with van der Waals surface area (Å²) in [6, 6.07) is 23.4. The van der Waals surface area contributed by atoms with Crippen LogP contribution in [0, 0.1) is 0 Å². The molecule has 0 aromatic heterocycles. The number of rotatable bonds is 8. The van der Waals surface area contributed by atoms with Crippen LogP contribution in [0.1, 0.15) is 27.6 Å². The summed E-state index contributed by atoms with van der Waals surface area (Å²) in [5, 5.41) is 5.83. The van der Waals surface area contributed by atoms with Crippen LogP contribution in [-0.4, -0.2) is 49.8 Å². The minimum absolute atomic E-state index is 0.0459. The Morgan fingerprint density at radius 1 is 0.758 bits per heavy atom. The molecule has 0 radical (unpaired) electrons. The number of hydrogen-bond acceptors (Lipinski definition) is 4. The maximum Gasteiger partial charge on any atom is 0.258 e. The van der Waals surface area contributed by atoms with Gasteiger partial charge < -0.3 is 20.4 Å². The smallest absolute Gasteiger partial charge is 0.258 e. The highest BCUT2D eigenvalue weighted by Crippen LogP contribution is 2.18. The number of para-hydroxylation sites is 1. The Labute approximate surface area is 194 Å². The quantitative estimate of drug-likeness (QED) is 0.548. The summed E-state index contributed by atoms with van der Waals surface area (Å²) in [7, 11) is 3.36. The molecular weight excluding hydrogens is 416 g/mol. The van der Waals surface area contributed by atoms with Gasteiger partial charge in [-0.25, -0.2) is 0 Å². The van der Waals surface area contributed by atoms with E-state index in [0.29, 0.717) is 23.4 Å². The van der Waals surface area contributed by atoms with Gasteiger partial charge in [0.2, 0.25) is 5.91 Å². The second-order valence-electron chi connectivity index (χ2n) is 7.64. The van der Waals surface area contributed by atoms with Gasteiger partial charge in [0, 0.05) is 48.8 Å². The zero-order chi connectivity index (χ0) is 23.8. The van der Waals surface area contributed by atoms with Crippen molar-refractivity contribution in [1.82, 2.24) is 4.90 Å². The highest BCUT2D eigenvalue weighted by atomic mass is 16.2. The average molecular weight is 445 g/mol. The van der Waals surface area contributed by atoms with Crippen molar-refractivity contribution in [3.8, 4) is 0 Å². The highest BCUT2D eigenvalue weighted by molar-refractivity contribution is 6.06. The van der Waals surface area contributed by atoms with Crippen LogP contribution in [0.5, 0.6) is 0 Å². The summed E-state index contributed by atoms with van der Waals surface area (Å²) >= 11 is 0. The molecule has 0 bridgehead atoms. The number of carbonyl (C=O) groups excluding carboxylic acids is 3. The molecule has 0 saturated carbocycles. The number of nitrogens with one attached hydrogen (secondary N) is 2. The van der Waals surface area contributed by atoms with Crippen molar-refractivity contribution < 1.29 is 14.4 Å². The second-order valence-corrected chi connectivity index (χ2v) is 7.64. The summed E-state index contributed by atoms with van der Waals surface area (Å²) < 4.78 is 0. The van der Waals surface area contributed by atoms with Crippen molar-refractivity contribution in [2.75, 3.05) is 42.7 Å². The number of nitrogens with zero attached hydrogens (tertiary/aromatic N) is 2. The van der Waals surface area contributed by atoms with Gasteiger partial charge in [-0.15, -0.1) is 0 Å². The lowest BCUT2D eigenvalue weighted by Crippen LogP contribution is -2.30. The number of amides is 3. The highest BCUT2D eigenvalue weighted by Gasteiger charge is 2.16. The lowest BCUT2D eigenvalue weighted by Gasteiger charge is -2.21. The topological polar surface area (TPSA) is 81.8 Å². The first-order valence-electron chi connectivity index (χ1n) is 10.7. The molecule has 0 unspecified atom stereocenters. The van der Waals surface area contributed by atoms with Gasteiger partial charge in [-0.1, -0.05) is 24.3 Å². The molecule has 7 heteroatoms. The van der Waals surface area contributed by atoms with E-state index in [-0.39, 0.29) is 24.3 Å². The normalized spacial score (nSPS) is 10.3. The molecule has 0 aliphatic heterocycles. The molecule has 3 rings (SSSR count). The molecule has 0 fully saturated rings. The van der Waals surface area contributed by atoms with E-state index in [9.17, 15) is 14.4 Å². The van der Waals surface area contributed by atoms with Crippen LogP contribution >= 0.6 is 0 Å². The van der Waals surface area contributed by atoms with Gasteiger partial charge in [-0.05, 0) is 61.5 Å². The molecule has 170 valence electrons. The van der Waals surface area contributed by atoms with E-state index in [1.54, 1.807) is 67.5 Å². The second kappa shape index (κ2) is 10.9. The van der Waals surface area contributed by atoms with E-state index in [1.165, 1.54) is 4.90 Å². The summed E-state index contributed by atoms with van der Waals surface area (Å²) in [6.45, 7) is 2.54. The Bertz CT molecular complexity index is 1110. The Morgan fingerprint density at radius 3 is 2.09 bits per heavy atom. The molecule has 3 amide bonds. The van der Waals surface area contributed by atoms with Crippen LogP contribution in [0.15, 0.2) is 78.9 Å². The summed E-state index contributed by atoms with van der Waals surface area (Å²) in [4.78, 5) is 40.5. The van der Waals surface area contributed by atoms with Crippen molar-refractivity contribution in [3.05, 3.63) is 90.0 Å². The summed E-state index contributed by atoms with van der Waals surface area (Å²) in [5.74, 6) is -0.459. The van der Waals surface area contributed by atoms with Crippen molar-refractivity contribution in [2.45, 2.75) is 6.92 Å². The molecule has 0 spiro atoms. The van der Waals surface area contributed by atoms with Gasteiger partial charge >= 0.3 is 0 Å². The summed E-state index contributed by atoms with van der Waals surface area (Å²) in [5.41, 5.74) is 3.19. The molecule has 2 N–H and O–H groups in total. The standard InChI is InChI=1S/C26H28N4O3/c1-4-30(23-11-6-5-7-12-23)26(33)19-13-15-21(16-14-19)27-18-24(31)28-22-10-8-9-20(17-22)25(32)29(2)3/h5-17,27H,4,18H2,1-3H3,(H,28,31). The average Bonchev–Trinajstić information content (AvgIpc) is 2.83. The SMILES string of the molecule is CCN(C(=O)c1ccc(NCC(=O)Nc2cccc(C(=O)N(C)C)c2)cc1)c1ccccc1. The first kappa shape index (κ1) is 23.5. The zero-order valence-corrected chi connectivity index (χ0v) is 19.0. The summed E-state index contributed by atoms with van der Waals surface area (Å²) in [6.07, 6.45) is 0. The van der Waals surface area contributed by atoms with Crippen molar-refractivity contribution in [1.29, 1.82) is 0 Å². The minimum Gasteiger partial charge on any atom is -0.376 e. The maximum atomic E-state index is 12.9. The van der Waals surface area contributed by atoms with Crippen LogP contribution in [0.25, 0.3) is 0 Å². The van der Waals surface area contributed by atoms with E-state index in [1.807, 2.05) is 37.3 Å². The van der Waals surface area contributed by atoms with Gasteiger partial charge in [0.05, 0.1) is 6.54 Å². The molecule has 0 aliphatic carbocycles. The molecule has 0 saturated heterocycles. The predicted octanol–water partition coefficient (Wildman–Crippen LogP) is 4.11. The van der Waals surface area contributed by atoms with Crippen molar-refractivity contribution in [2.24, 2.45) is 0 Å². The first-order valence-corrected chi connectivity index (χ1v) is 10.7. The molecule has 0 heterocycles.